The summed E-state index contributed by atoms with van der Waals surface area (Å²) in [7, 11) is 0. The summed E-state index contributed by atoms with van der Waals surface area (Å²) in [6.07, 6.45) is 0.485. The lowest BCUT2D eigenvalue weighted by molar-refractivity contribution is 0.279. The van der Waals surface area contributed by atoms with Gasteiger partial charge in [0, 0.05) is 21.5 Å². The monoisotopic (exact) mass is 399 g/mol. The topological polar surface area (TPSA) is 81.2 Å². The highest BCUT2D eigenvalue weighted by molar-refractivity contribution is 9.10. The Morgan fingerprint density at radius 1 is 1.43 bits per heavy atom. The highest BCUT2D eigenvalue weighted by Crippen LogP contribution is 2.47. The van der Waals surface area contributed by atoms with E-state index in [2.05, 4.69) is 20.9 Å². The van der Waals surface area contributed by atoms with Crippen LogP contribution in [-0.2, 0) is 4.74 Å². The molecule has 1 aromatic heterocycles. The van der Waals surface area contributed by atoms with Crippen LogP contribution in [0.4, 0.5) is 4.39 Å². The normalized spacial score (nSPS) is 15.3. The van der Waals surface area contributed by atoms with Crippen LogP contribution in [0, 0.1) is 11.4 Å². The molecule has 2 heterocycles. The predicted molar refractivity (Wildman–Crippen MR) is 87.7 cm³/mol. The molecule has 2 aromatic rings. The van der Waals surface area contributed by atoms with Crippen LogP contribution in [0.3, 0.4) is 0 Å². The number of halogens is 3. The first kappa shape index (κ1) is 16.0. The molecule has 0 aliphatic carbocycles. The molecule has 1 aliphatic heterocycles. The van der Waals surface area contributed by atoms with Gasteiger partial charge in [-0.3, -0.25) is 5.41 Å². The Balaban J connectivity index is 2.05. The second-order valence-corrected chi connectivity index (χ2v) is 6.30. The zero-order valence-electron chi connectivity index (χ0n) is 11.8. The number of benzene rings is 1. The van der Waals surface area contributed by atoms with Crippen molar-refractivity contribution in [2.75, 3.05) is 6.61 Å². The highest BCUT2D eigenvalue weighted by atomic mass is 79.9. The van der Waals surface area contributed by atoms with Crippen LogP contribution in [0.15, 0.2) is 28.7 Å². The van der Waals surface area contributed by atoms with Gasteiger partial charge in [-0.15, -0.1) is 0 Å². The molecule has 0 spiro atoms. The molecule has 0 saturated heterocycles. The zero-order valence-corrected chi connectivity index (χ0v) is 14.1. The molecule has 1 atom stereocenters. The highest BCUT2D eigenvalue weighted by Gasteiger charge is 2.31. The smallest absolute Gasteiger partial charge is 0.278 e. The first-order chi connectivity index (χ1) is 11.0. The lowest BCUT2D eigenvalue weighted by atomic mass is 9.86. The molecule has 0 bridgehead atoms. The Labute approximate surface area is 145 Å². The summed E-state index contributed by atoms with van der Waals surface area (Å²) < 4.78 is 25.7. The third-order valence-corrected chi connectivity index (χ3v) is 4.21. The summed E-state index contributed by atoms with van der Waals surface area (Å²) in [6, 6.07) is 6.71. The molecule has 0 radical (unpaired) electrons. The fourth-order valence-corrected chi connectivity index (χ4v) is 3.18. The fraction of sp³-hybridized carbons (Fsp3) is 0.200. The summed E-state index contributed by atoms with van der Waals surface area (Å²) in [5.74, 6) is -0.340. The van der Waals surface area contributed by atoms with Gasteiger partial charge in [0.05, 0.1) is 6.61 Å². The van der Waals surface area contributed by atoms with E-state index >= 15 is 0 Å². The summed E-state index contributed by atoms with van der Waals surface area (Å²) in [5.41, 5.74) is 6.68. The van der Waals surface area contributed by atoms with Gasteiger partial charge in [-0.05, 0) is 30.7 Å². The number of hydrogen-bond donors (Lipinski definition) is 2. The van der Waals surface area contributed by atoms with Crippen LogP contribution >= 0.6 is 27.5 Å². The van der Waals surface area contributed by atoms with Gasteiger partial charge in [0.2, 0.25) is 0 Å². The number of pyridine rings is 1. The minimum Gasteiger partial charge on any atom is -0.466 e. The van der Waals surface area contributed by atoms with E-state index in [-0.39, 0.29) is 29.4 Å². The maximum atomic E-state index is 14.1. The van der Waals surface area contributed by atoms with Crippen molar-refractivity contribution >= 4 is 33.6 Å². The van der Waals surface area contributed by atoms with Crippen LogP contribution in [0.1, 0.15) is 23.5 Å². The van der Waals surface area contributed by atoms with Crippen LogP contribution in [0.25, 0.3) is 0 Å². The summed E-state index contributed by atoms with van der Waals surface area (Å²) >= 11 is 9.31. The second kappa shape index (κ2) is 6.33. The van der Waals surface area contributed by atoms with Crippen molar-refractivity contribution in [2.45, 2.75) is 12.3 Å². The molecule has 0 unspecified atom stereocenters. The molecule has 1 aromatic carbocycles. The first-order valence-corrected chi connectivity index (χ1v) is 7.93. The molecule has 8 heteroatoms. The molecular weight excluding hydrogens is 389 g/mol. The molecular formula is C15H12BrClFN3O2. The van der Waals surface area contributed by atoms with Gasteiger partial charge in [-0.2, -0.15) is 4.39 Å². The van der Waals surface area contributed by atoms with Crippen molar-refractivity contribution in [1.82, 2.24) is 4.98 Å². The Morgan fingerprint density at radius 3 is 2.96 bits per heavy atom. The summed E-state index contributed by atoms with van der Waals surface area (Å²) in [4.78, 5) is 3.60. The number of fused-ring (bicyclic) bond motifs is 2. The number of nitrogens with two attached hydrogens (primary N) is 1. The zero-order chi connectivity index (χ0) is 16.6. The third kappa shape index (κ3) is 3.25. The van der Waals surface area contributed by atoms with Crippen molar-refractivity contribution in [3.05, 3.63) is 51.0 Å². The molecule has 0 amide bonds. The van der Waals surface area contributed by atoms with Gasteiger partial charge >= 0.3 is 0 Å². The van der Waals surface area contributed by atoms with Gasteiger partial charge in [0.25, 0.3) is 12.0 Å². The Bertz CT molecular complexity index is 788. The van der Waals surface area contributed by atoms with Crippen LogP contribution in [-0.4, -0.2) is 17.6 Å². The molecule has 1 aliphatic rings. The minimum absolute atomic E-state index is 0.0563. The molecule has 5 nitrogen and oxygen atoms in total. The standard InChI is InChI=1S/C15H12BrClFN3O2/c16-7-1-2-11-9(5-7)8(3-4-22-15(19)20)10-6-12(17)21-14(18)13(10)23-11/h1-2,5-6,8H,3-4H2,(H3,19,20)/t8-/m1/s1. The number of nitrogens with one attached hydrogen (secondary N) is 1. The maximum Gasteiger partial charge on any atom is 0.278 e. The molecule has 23 heavy (non-hydrogen) atoms. The van der Waals surface area contributed by atoms with E-state index in [1.807, 2.05) is 12.1 Å². The van der Waals surface area contributed by atoms with Gasteiger partial charge in [0.15, 0.2) is 5.75 Å². The van der Waals surface area contributed by atoms with Crippen molar-refractivity contribution in [1.29, 1.82) is 5.41 Å². The Kier molecular flexibility index (Phi) is 4.41. The molecule has 3 rings (SSSR count). The quantitative estimate of drug-likeness (QED) is 0.460. The molecule has 0 fully saturated rings. The van der Waals surface area contributed by atoms with Gasteiger partial charge in [-0.1, -0.05) is 27.5 Å². The number of aromatic nitrogens is 1. The van der Waals surface area contributed by atoms with E-state index in [9.17, 15) is 4.39 Å². The van der Waals surface area contributed by atoms with E-state index in [1.54, 1.807) is 12.1 Å². The van der Waals surface area contributed by atoms with E-state index in [0.717, 1.165) is 10.0 Å². The molecule has 3 N–H and O–H groups in total. The number of nitrogens with zero attached hydrogens (tertiary/aromatic N) is 1. The molecule has 120 valence electrons. The number of rotatable bonds is 3. The average Bonchev–Trinajstić information content (AvgIpc) is 2.47. The van der Waals surface area contributed by atoms with Crippen LogP contribution in [0.5, 0.6) is 11.5 Å². The number of amidine groups is 1. The SMILES string of the molecule is N=C(N)OCC[C@@H]1c2cc(Br)ccc2Oc2c1cc(Cl)nc2F. The van der Waals surface area contributed by atoms with Crippen LogP contribution in [0.2, 0.25) is 5.15 Å². The minimum atomic E-state index is -0.751. The summed E-state index contributed by atoms with van der Waals surface area (Å²) in [5, 5.41) is 7.19. The Hall–Kier alpha value is -1.86. The predicted octanol–water partition coefficient (Wildman–Crippen LogP) is 4.17. The number of ether oxygens (including phenoxy) is 2. The van der Waals surface area contributed by atoms with Gasteiger partial charge in [0.1, 0.15) is 10.9 Å². The second-order valence-electron chi connectivity index (χ2n) is 4.99. The first-order valence-electron chi connectivity index (χ1n) is 6.75. The average molecular weight is 401 g/mol. The van der Waals surface area contributed by atoms with Crippen molar-refractivity contribution in [3.63, 3.8) is 0 Å². The van der Waals surface area contributed by atoms with E-state index < -0.39 is 5.95 Å². The van der Waals surface area contributed by atoms with Crippen molar-refractivity contribution in [3.8, 4) is 11.5 Å². The van der Waals surface area contributed by atoms with Crippen molar-refractivity contribution < 1.29 is 13.9 Å². The third-order valence-electron chi connectivity index (χ3n) is 3.53. The molecule has 0 saturated carbocycles. The lowest BCUT2D eigenvalue weighted by Gasteiger charge is -2.28. The van der Waals surface area contributed by atoms with Gasteiger partial charge < -0.3 is 15.2 Å². The number of hydrogen-bond acceptors (Lipinski definition) is 4. The van der Waals surface area contributed by atoms with Crippen molar-refractivity contribution in [2.24, 2.45) is 5.73 Å². The maximum absolute atomic E-state index is 14.1. The lowest BCUT2D eigenvalue weighted by Crippen LogP contribution is -2.18. The summed E-state index contributed by atoms with van der Waals surface area (Å²) in [6.45, 7) is 0.215. The van der Waals surface area contributed by atoms with E-state index in [1.165, 1.54) is 0 Å². The van der Waals surface area contributed by atoms with E-state index in [0.29, 0.717) is 17.7 Å². The van der Waals surface area contributed by atoms with E-state index in [4.69, 9.17) is 32.2 Å². The fourth-order valence-electron chi connectivity index (χ4n) is 2.61. The van der Waals surface area contributed by atoms with Crippen LogP contribution < -0.4 is 10.5 Å². The van der Waals surface area contributed by atoms with Gasteiger partial charge in [-0.25, -0.2) is 4.98 Å². The Morgan fingerprint density at radius 2 is 2.22 bits per heavy atom. The largest absolute Gasteiger partial charge is 0.466 e.